The van der Waals surface area contributed by atoms with E-state index in [0.29, 0.717) is 17.5 Å². The molecular formula is C28H28O7. The highest BCUT2D eigenvalue weighted by molar-refractivity contribution is 6.07. The normalized spacial score (nSPS) is 11.1. The van der Waals surface area contributed by atoms with Gasteiger partial charge in [-0.2, -0.15) is 0 Å². The van der Waals surface area contributed by atoms with Crippen molar-refractivity contribution in [1.29, 1.82) is 0 Å². The molecule has 7 heteroatoms. The fourth-order valence-electron chi connectivity index (χ4n) is 4.38. The quantitative estimate of drug-likeness (QED) is 0.234. The lowest BCUT2D eigenvalue weighted by Gasteiger charge is -2.33. The Morgan fingerprint density at radius 1 is 0.714 bits per heavy atom. The Morgan fingerprint density at radius 2 is 1.26 bits per heavy atom. The van der Waals surface area contributed by atoms with Gasteiger partial charge in [-0.15, -0.1) is 0 Å². The van der Waals surface area contributed by atoms with E-state index < -0.39 is 34.4 Å². The molecule has 0 saturated carbocycles. The summed E-state index contributed by atoms with van der Waals surface area (Å²) < 4.78 is 5.68. The van der Waals surface area contributed by atoms with Crippen LogP contribution in [0, 0.1) is 0 Å². The maximum atomic E-state index is 13.1. The number of carbonyl (C=O) groups is 3. The predicted octanol–water partition coefficient (Wildman–Crippen LogP) is 5.46. The van der Waals surface area contributed by atoms with Crippen molar-refractivity contribution >= 4 is 17.9 Å². The molecular weight excluding hydrogens is 448 g/mol. The molecule has 0 aliphatic heterocycles. The van der Waals surface area contributed by atoms with Crippen molar-refractivity contribution in [3.63, 3.8) is 0 Å². The van der Waals surface area contributed by atoms with E-state index in [-0.39, 0.29) is 17.9 Å². The Hall–Kier alpha value is -4.13. The summed E-state index contributed by atoms with van der Waals surface area (Å²) in [4.78, 5) is 37.9. The van der Waals surface area contributed by atoms with Crippen LogP contribution in [0.5, 0.6) is 5.75 Å². The first-order valence-corrected chi connectivity index (χ1v) is 11.5. The Labute approximate surface area is 203 Å². The number of aromatic carboxylic acids is 2. The van der Waals surface area contributed by atoms with Gasteiger partial charge in [0.15, 0.2) is 0 Å². The van der Waals surface area contributed by atoms with Crippen LogP contribution in [-0.2, 0) is 10.2 Å². The Morgan fingerprint density at radius 3 is 1.71 bits per heavy atom. The minimum Gasteiger partial charge on any atom is -0.493 e. The van der Waals surface area contributed by atoms with E-state index >= 15 is 0 Å². The first-order valence-electron chi connectivity index (χ1n) is 11.5. The summed E-state index contributed by atoms with van der Waals surface area (Å²) >= 11 is 0. The molecule has 0 fully saturated rings. The van der Waals surface area contributed by atoms with Crippen LogP contribution in [0.3, 0.4) is 0 Å². The van der Waals surface area contributed by atoms with Crippen LogP contribution >= 0.6 is 0 Å². The molecule has 3 N–H and O–H groups in total. The molecule has 0 amide bonds. The molecule has 3 aromatic carbocycles. The highest BCUT2D eigenvalue weighted by atomic mass is 16.5. The number of benzene rings is 3. The van der Waals surface area contributed by atoms with Gasteiger partial charge in [0.1, 0.15) is 16.7 Å². The summed E-state index contributed by atoms with van der Waals surface area (Å²) in [6.07, 6.45) is 3.61. The van der Waals surface area contributed by atoms with Crippen molar-refractivity contribution < 1.29 is 34.4 Å². The summed E-state index contributed by atoms with van der Waals surface area (Å²) in [6.45, 7) is 2.29. The van der Waals surface area contributed by atoms with Gasteiger partial charge in [-0.3, -0.25) is 4.79 Å². The molecule has 0 aliphatic rings. The molecule has 182 valence electrons. The molecule has 0 atom stereocenters. The van der Waals surface area contributed by atoms with Crippen molar-refractivity contribution in [2.75, 3.05) is 6.61 Å². The summed E-state index contributed by atoms with van der Waals surface area (Å²) in [6, 6.07) is 19.1. The molecule has 0 spiro atoms. The molecule has 0 unspecified atom stereocenters. The Kier molecular flexibility index (Phi) is 8.25. The number of rotatable bonds is 12. The summed E-state index contributed by atoms with van der Waals surface area (Å²) in [5.74, 6) is -4.49. The number of ether oxygens (including phenoxy) is 1. The highest BCUT2D eigenvalue weighted by Crippen LogP contribution is 2.43. The van der Waals surface area contributed by atoms with Crippen LogP contribution in [-0.4, -0.2) is 39.8 Å². The third-order valence-electron chi connectivity index (χ3n) is 5.99. The number of hydrogen-bond donors (Lipinski definition) is 3. The summed E-state index contributed by atoms with van der Waals surface area (Å²) in [7, 11) is 0. The first-order chi connectivity index (χ1) is 16.9. The first kappa shape index (κ1) is 25.5. The van der Waals surface area contributed by atoms with Crippen LogP contribution in [0.25, 0.3) is 0 Å². The van der Waals surface area contributed by atoms with Crippen LogP contribution < -0.4 is 4.74 Å². The van der Waals surface area contributed by atoms with E-state index in [1.54, 1.807) is 60.7 Å². The lowest BCUT2D eigenvalue weighted by atomic mass is 9.67. The number of aliphatic carboxylic acids is 1. The molecule has 0 aliphatic carbocycles. The van der Waals surface area contributed by atoms with E-state index in [9.17, 15) is 29.7 Å². The zero-order chi connectivity index (χ0) is 25.4. The fourth-order valence-corrected chi connectivity index (χ4v) is 4.38. The average Bonchev–Trinajstić information content (AvgIpc) is 2.85. The standard InChI is InChI=1S/C28H28O7/c1-2-3-4-11-18-35-22-17-16-21(23(25(29)30)24(22)26(31)32)28(27(33)34,19-12-7-5-8-13-19)20-14-9-6-10-15-20/h5-10,12-17H,2-4,11,18H2,1H3,(H,29,30)(H,31,32)(H,33,34). The van der Waals surface area contributed by atoms with Gasteiger partial charge in [0.2, 0.25) is 0 Å². The van der Waals surface area contributed by atoms with E-state index in [1.807, 2.05) is 0 Å². The van der Waals surface area contributed by atoms with Gasteiger partial charge in [0.25, 0.3) is 0 Å². The molecule has 0 aromatic heterocycles. The van der Waals surface area contributed by atoms with Gasteiger partial charge in [-0.1, -0.05) is 92.9 Å². The lowest BCUT2D eigenvalue weighted by molar-refractivity contribution is -0.140. The number of hydrogen-bond acceptors (Lipinski definition) is 4. The minimum atomic E-state index is -1.97. The molecule has 0 radical (unpaired) electrons. The number of carboxylic acid groups (broad SMARTS) is 3. The third kappa shape index (κ3) is 5.04. The zero-order valence-electron chi connectivity index (χ0n) is 19.4. The van der Waals surface area contributed by atoms with Crippen molar-refractivity contribution in [2.24, 2.45) is 0 Å². The van der Waals surface area contributed by atoms with Crippen LogP contribution in [0.4, 0.5) is 0 Å². The van der Waals surface area contributed by atoms with E-state index in [4.69, 9.17) is 4.74 Å². The molecule has 7 nitrogen and oxygen atoms in total. The second-order valence-electron chi connectivity index (χ2n) is 8.17. The van der Waals surface area contributed by atoms with Crippen LogP contribution in [0.1, 0.15) is 70.0 Å². The molecule has 0 bridgehead atoms. The molecule has 0 saturated heterocycles. The van der Waals surface area contributed by atoms with Crippen LogP contribution in [0.15, 0.2) is 72.8 Å². The van der Waals surface area contributed by atoms with Gasteiger partial charge in [-0.25, -0.2) is 9.59 Å². The van der Waals surface area contributed by atoms with Crippen molar-refractivity contribution in [1.82, 2.24) is 0 Å². The SMILES string of the molecule is CCCCCCOc1ccc(C(C(=O)O)(c2ccccc2)c2ccccc2)c(C(=O)O)c1C(=O)O. The lowest BCUT2D eigenvalue weighted by Crippen LogP contribution is -2.40. The Bertz CT molecular complexity index is 1150. The third-order valence-corrected chi connectivity index (χ3v) is 5.99. The van der Waals surface area contributed by atoms with Crippen molar-refractivity contribution in [2.45, 2.75) is 38.0 Å². The predicted molar refractivity (Wildman–Crippen MR) is 130 cm³/mol. The Balaban J connectivity index is 2.32. The van der Waals surface area contributed by atoms with Gasteiger partial charge < -0.3 is 20.1 Å². The van der Waals surface area contributed by atoms with Gasteiger partial charge in [-0.05, 0) is 29.2 Å². The number of carboxylic acids is 3. The van der Waals surface area contributed by atoms with Gasteiger partial charge >= 0.3 is 17.9 Å². The summed E-state index contributed by atoms with van der Waals surface area (Å²) in [5, 5.41) is 30.8. The average molecular weight is 477 g/mol. The molecule has 3 rings (SSSR count). The highest BCUT2D eigenvalue weighted by Gasteiger charge is 2.47. The molecule has 35 heavy (non-hydrogen) atoms. The van der Waals surface area contributed by atoms with Crippen molar-refractivity contribution in [3.05, 3.63) is 101 Å². The second kappa shape index (κ2) is 11.3. The zero-order valence-corrected chi connectivity index (χ0v) is 19.4. The van der Waals surface area contributed by atoms with Crippen molar-refractivity contribution in [3.8, 4) is 5.75 Å². The van der Waals surface area contributed by atoms with E-state index in [0.717, 1.165) is 19.3 Å². The number of unbranched alkanes of at least 4 members (excludes halogenated alkanes) is 3. The second-order valence-corrected chi connectivity index (χ2v) is 8.17. The monoisotopic (exact) mass is 476 g/mol. The largest absolute Gasteiger partial charge is 0.493 e. The van der Waals surface area contributed by atoms with Crippen LogP contribution in [0.2, 0.25) is 0 Å². The van der Waals surface area contributed by atoms with Gasteiger partial charge in [0.05, 0.1) is 12.2 Å². The molecule has 0 heterocycles. The summed E-state index contributed by atoms with van der Waals surface area (Å²) in [5.41, 5.74) is -2.72. The maximum Gasteiger partial charge on any atom is 0.340 e. The molecule has 3 aromatic rings. The van der Waals surface area contributed by atoms with Gasteiger partial charge in [0, 0.05) is 0 Å². The van der Waals surface area contributed by atoms with E-state index in [2.05, 4.69) is 6.92 Å². The van der Waals surface area contributed by atoms with E-state index in [1.165, 1.54) is 12.1 Å². The maximum absolute atomic E-state index is 13.1. The minimum absolute atomic E-state index is 0.101. The fraction of sp³-hybridized carbons (Fsp3) is 0.250. The topological polar surface area (TPSA) is 121 Å². The smallest absolute Gasteiger partial charge is 0.340 e.